The van der Waals surface area contributed by atoms with Crippen molar-refractivity contribution in [3.63, 3.8) is 0 Å². The number of rotatable bonds is 8. The first kappa shape index (κ1) is 22.5. The highest BCUT2D eigenvalue weighted by atomic mass is 32.2. The zero-order valence-electron chi connectivity index (χ0n) is 17.1. The molecule has 0 radical (unpaired) electrons. The molecular formula is C23H19N3O5S2. The summed E-state index contributed by atoms with van der Waals surface area (Å²) in [5, 5.41) is 7.29. The number of benzene rings is 2. The second-order valence-electron chi connectivity index (χ2n) is 6.89. The number of nitrogens with one attached hydrogen (secondary N) is 3. The SMILES string of the molecule is O=C(Nc1ccc(S(=O)(=O)NCc2ccco2)cc1)c1cccc(NC(=O)c2cccs2)c1. The van der Waals surface area contributed by atoms with Gasteiger partial charge in [0.15, 0.2) is 0 Å². The number of thiophene rings is 1. The number of hydrogen-bond donors (Lipinski definition) is 3. The van der Waals surface area contributed by atoms with Gasteiger partial charge in [-0.2, -0.15) is 0 Å². The molecule has 33 heavy (non-hydrogen) atoms. The summed E-state index contributed by atoms with van der Waals surface area (Å²) in [6.07, 6.45) is 1.47. The number of hydrogen-bond acceptors (Lipinski definition) is 6. The van der Waals surface area contributed by atoms with Crippen molar-refractivity contribution in [2.75, 3.05) is 10.6 Å². The Morgan fingerprint density at radius 2 is 1.64 bits per heavy atom. The topological polar surface area (TPSA) is 118 Å². The fourth-order valence-corrected chi connectivity index (χ4v) is 4.53. The Balaban J connectivity index is 1.39. The molecule has 0 saturated heterocycles. The van der Waals surface area contributed by atoms with E-state index in [1.54, 1.807) is 48.5 Å². The largest absolute Gasteiger partial charge is 0.468 e. The maximum absolute atomic E-state index is 12.6. The lowest BCUT2D eigenvalue weighted by Gasteiger charge is -2.09. The van der Waals surface area contributed by atoms with Gasteiger partial charge in [-0.25, -0.2) is 13.1 Å². The van der Waals surface area contributed by atoms with Crippen LogP contribution in [0.15, 0.2) is 93.8 Å². The maximum atomic E-state index is 12.6. The van der Waals surface area contributed by atoms with Crippen LogP contribution in [0.2, 0.25) is 0 Å². The maximum Gasteiger partial charge on any atom is 0.265 e. The van der Waals surface area contributed by atoms with Gasteiger partial charge in [0, 0.05) is 16.9 Å². The van der Waals surface area contributed by atoms with E-state index < -0.39 is 15.9 Å². The third kappa shape index (κ3) is 5.75. The molecule has 0 unspecified atom stereocenters. The molecule has 0 aliphatic carbocycles. The fourth-order valence-electron chi connectivity index (χ4n) is 2.92. The third-order valence-electron chi connectivity index (χ3n) is 4.57. The number of amides is 2. The quantitative estimate of drug-likeness (QED) is 0.346. The zero-order chi connectivity index (χ0) is 23.3. The highest BCUT2D eigenvalue weighted by Crippen LogP contribution is 2.18. The van der Waals surface area contributed by atoms with Crippen LogP contribution in [0.3, 0.4) is 0 Å². The molecule has 2 heterocycles. The molecular weight excluding hydrogens is 462 g/mol. The van der Waals surface area contributed by atoms with Crippen molar-refractivity contribution in [1.29, 1.82) is 0 Å². The number of carbonyl (C=O) groups excluding carboxylic acids is 2. The van der Waals surface area contributed by atoms with Gasteiger partial charge in [-0.1, -0.05) is 12.1 Å². The van der Waals surface area contributed by atoms with Crippen molar-refractivity contribution >= 4 is 44.5 Å². The molecule has 2 amide bonds. The minimum Gasteiger partial charge on any atom is -0.468 e. The highest BCUT2D eigenvalue weighted by molar-refractivity contribution is 7.89. The number of furan rings is 1. The van der Waals surface area contributed by atoms with Gasteiger partial charge in [-0.3, -0.25) is 9.59 Å². The number of carbonyl (C=O) groups is 2. The highest BCUT2D eigenvalue weighted by Gasteiger charge is 2.15. The summed E-state index contributed by atoms with van der Waals surface area (Å²) in [6, 6.07) is 19.2. The van der Waals surface area contributed by atoms with Crippen LogP contribution in [0, 0.1) is 0 Å². The summed E-state index contributed by atoms with van der Waals surface area (Å²) >= 11 is 1.32. The molecule has 0 atom stereocenters. The summed E-state index contributed by atoms with van der Waals surface area (Å²) < 4.78 is 32.4. The predicted molar refractivity (Wildman–Crippen MR) is 126 cm³/mol. The summed E-state index contributed by atoms with van der Waals surface area (Å²) in [6.45, 7) is 0.0349. The van der Waals surface area contributed by atoms with Crippen molar-refractivity contribution in [2.45, 2.75) is 11.4 Å². The molecule has 4 aromatic rings. The standard InChI is InChI=1S/C23H19N3O5S2/c27-22(16-4-1-5-18(14-16)26-23(28)21-7-3-13-32-21)25-17-8-10-20(11-9-17)33(29,30)24-15-19-6-2-12-31-19/h1-14,24H,15H2,(H,25,27)(H,26,28). The lowest BCUT2D eigenvalue weighted by atomic mass is 10.1. The minimum atomic E-state index is -3.73. The van der Waals surface area contributed by atoms with Gasteiger partial charge in [-0.05, 0) is 66.0 Å². The second-order valence-corrected chi connectivity index (χ2v) is 9.61. The zero-order valence-corrected chi connectivity index (χ0v) is 18.8. The van der Waals surface area contributed by atoms with Crippen molar-refractivity contribution in [2.24, 2.45) is 0 Å². The molecule has 3 N–H and O–H groups in total. The van der Waals surface area contributed by atoms with Crippen LogP contribution >= 0.6 is 11.3 Å². The third-order valence-corrected chi connectivity index (χ3v) is 6.85. The van der Waals surface area contributed by atoms with Crippen molar-refractivity contribution < 1.29 is 22.4 Å². The summed E-state index contributed by atoms with van der Waals surface area (Å²) in [5.41, 5.74) is 1.26. The van der Waals surface area contributed by atoms with Gasteiger partial charge in [0.2, 0.25) is 10.0 Å². The second kappa shape index (κ2) is 9.82. The van der Waals surface area contributed by atoms with Gasteiger partial charge in [-0.15, -0.1) is 11.3 Å². The normalized spacial score (nSPS) is 11.2. The molecule has 168 valence electrons. The first-order chi connectivity index (χ1) is 15.9. The van der Waals surface area contributed by atoms with Gasteiger partial charge in [0.05, 0.1) is 22.6 Å². The summed E-state index contributed by atoms with van der Waals surface area (Å²) in [7, 11) is -3.73. The predicted octanol–water partition coefficient (Wildman–Crippen LogP) is 4.32. The Morgan fingerprint density at radius 1 is 0.848 bits per heavy atom. The Bertz CT molecular complexity index is 1350. The number of sulfonamides is 1. The first-order valence-electron chi connectivity index (χ1n) is 9.79. The Kier molecular flexibility index (Phi) is 6.68. The van der Waals surface area contributed by atoms with E-state index in [4.69, 9.17) is 4.42 Å². The van der Waals surface area contributed by atoms with Crippen LogP contribution in [-0.2, 0) is 16.6 Å². The van der Waals surface area contributed by atoms with Crippen LogP contribution in [0.4, 0.5) is 11.4 Å². The molecule has 0 bridgehead atoms. The fraction of sp³-hybridized carbons (Fsp3) is 0.0435. The van der Waals surface area contributed by atoms with Gasteiger partial charge in [0.25, 0.3) is 11.8 Å². The van der Waals surface area contributed by atoms with E-state index in [-0.39, 0.29) is 17.3 Å². The molecule has 2 aromatic heterocycles. The molecule has 2 aromatic carbocycles. The first-order valence-corrected chi connectivity index (χ1v) is 12.2. The van der Waals surface area contributed by atoms with Gasteiger partial charge >= 0.3 is 0 Å². The van der Waals surface area contributed by atoms with Crippen molar-refractivity contribution in [3.05, 3.63) is 101 Å². The van der Waals surface area contributed by atoms with Crippen LogP contribution in [0.25, 0.3) is 0 Å². The number of anilines is 2. The lowest BCUT2D eigenvalue weighted by molar-refractivity contribution is 0.101. The summed E-state index contributed by atoms with van der Waals surface area (Å²) in [5.74, 6) is -0.148. The van der Waals surface area contributed by atoms with Gasteiger partial charge < -0.3 is 15.1 Å². The van der Waals surface area contributed by atoms with E-state index in [1.807, 2.05) is 5.38 Å². The van der Waals surface area contributed by atoms with Crippen LogP contribution in [0.5, 0.6) is 0 Å². The Morgan fingerprint density at radius 3 is 2.33 bits per heavy atom. The molecule has 0 aliphatic heterocycles. The van der Waals surface area contributed by atoms with Crippen LogP contribution < -0.4 is 15.4 Å². The molecule has 8 nitrogen and oxygen atoms in total. The van der Waals surface area contributed by atoms with Gasteiger partial charge in [0.1, 0.15) is 5.76 Å². The van der Waals surface area contributed by atoms with E-state index in [2.05, 4.69) is 15.4 Å². The van der Waals surface area contributed by atoms with Crippen molar-refractivity contribution in [1.82, 2.24) is 4.72 Å². The van der Waals surface area contributed by atoms with Crippen molar-refractivity contribution in [3.8, 4) is 0 Å². The molecule has 4 rings (SSSR count). The monoisotopic (exact) mass is 481 g/mol. The Hall–Kier alpha value is -3.73. The minimum absolute atomic E-state index is 0.0349. The van der Waals surface area contributed by atoms with E-state index in [9.17, 15) is 18.0 Å². The van der Waals surface area contributed by atoms with E-state index in [0.29, 0.717) is 27.6 Å². The average Bonchev–Trinajstić information content (AvgIpc) is 3.53. The smallest absolute Gasteiger partial charge is 0.265 e. The molecule has 10 heteroatoms. The molecule has 0 aliphatic rings. The lowest BCUT2D eigenvalue weighted by Crippen LogP contribution is -2.23. The Labute approximate surface area is 194 Å². The van der Waals surface area contributed by atoms with Crippen LogP contribution in [0.1, 0.15) is 25.8 Å². The van der Waals surface area contributed by atoms with E-state index in [1.165, 1.54) is 41.9 Å². The molecule has 0 fully saturated rings. The average molecular weight is 482 g/mol. The van der Waals surface area contributed by atoms with E-state index >= 15 is 0 Å². The van der Waals surface area contributed by atoms with E-state index in [0.717, 1.165) is 0 Å². The summed E-state index contributed by atoms with van der Waals surface area (Å²) in [4.78, 5) is 25.5. The van der Waals surface area contributed by atoms with Crippen LogP contribution in [-0.4, -0.2) is 20.2 Å². The molecule has 0 spiro atoms. The molecule has 0 saturated carbocycles.